The monoisotopic (exact) mass is 279 g/mol. The van der Waals surface area contributed by atoms with Gasteiger partial charge in [-0.2, -0.15) is 0 Å². The number of amides is 1. The van der Waals surface area contributed by atoms with E-state index >= 15 is 0 Å². The van der Waals surface area contributed by atoms with Gasteiger partial charge in [-0.05, 0) is 20.3 Å². The summed E-state index contributed by atoms with van der Waals surface area (Å²) >= 11 is 0. The maximum Gasteiger partial charge on any atom is 0.326 e. The quantitative estimate of drug-likeness (QED) is 0.676. The van der Waals surface area contributed by atoms with E-state index in [2.05, 4.69) is 5.32 Å². The fourth-order valence-electron chi connectivity index (χ4n) is 1.25. The van der Waals surface area contributed by atoms with Gasteiger partial charge in [0.25, 0.3) is 0 Å². The van der Waals surface area contributed by atoms with Crippen LogP contribution in [0.1, 0.15) is 40.0 Å². The van der Waals surface area contributed by atoms with Crippen molar-refractivity contribution in [3.63, 3.8) is 0 Å². The van der Waals surface area contributed by atoms with E-state index in [-0.39, 0.29) is 0 Å². The van der Waals surface area contributed by atoms with Crippen LogP contribution in [-0.4, -0.2) is 42.4 Å². The largest absolute Gasteiger partial charge is 0.480 e. The molecule has 0 radical (unpaired) electrons. The van der Waals surface area contributed by atoms with Gasteiger partial charge in [-0.1, -0.05) is 19.8 Å². The molecule has 2 N–H and O–H groups in total. The van der Waals surface area contributed by atoms with Gasteiger partial charge in [-0.25, -0.2) is 13.2 Å². The first-order chi connectivity index (χ1) is 8.20. The molecular formula is C11H21NO5S. The summed E-state index contributed by atoms with van der Waals surface area (Å²) in [6, 6.07) is -1.01. The third-order valence-electron chi connectivity index (χ3n) is 2.53. The first-order valence-electron chi connectivity index (χ1n) is 5.94. The second-order valence-electron chi connectivity index (χ2n) is 4.46. The number of aliphatic carboxylic acids is 1. The smallest absolute Gasteiger partial charge is 0.326 e. The molecule has 0 aromatic carbocycles. The number of hydrogen-bond donors (Lipinski definition) is 2. The van der Waals surface area contributed by atoms with Crippen LogP contribution < -0.4 is 5.32 Å². The van der Waals surface area contributed by atoms with Gasteiger partial charge in [0.2, 0.25) is 5.91 Å². The topological polar surface area (TPSA) is 101 Å². The molecule has 7 heteroatoms. The fourth-order valence-corrected chi connectivity index (χ4v) is 2.03. The molecule has 0 saturated heterocycles. The molecular weight excluding hydrogens is 258 g/mol. The Morgan fingerprint density at radius 2 is 1.83 bits per heavy atom. The third kappa shape index (κ3) is 6.00. The van der Waals surface area contributed by atoms with Crippen molar-refractivity contribution in [1.29, 1.82) is 0 Å². The number of carboxylic acid groups (broad SMARTS) is 1. The van der Waals surface area contributed by atoms with Gasteiger partial charge in [0.15, 0.2) is 9.84 Å². The predicted molar refractivity (Wildman–Crippen MR) is 68.0 cm³/mol. The normalized spacial score (nSPS) is 13.3. The molecule has 0 aromatic heterocycles. The lowest BCUT2D eigenvalue weighted by molar-refractivity contribution is -0.141. The summed E-state index contributed by atoms with van der Waals surface area (Å²) in [6.45, 7) is 4.87. The number of carbonyl (C=O) groups excluding carboxylic acids is 1. The van der Waals surface area contributed by atoms with Crippen LogP contribution >= 0.6 is 0 Å². The van der Waals surface area contributed by atoms with Gasteiger partial charge in [0.1, 0.15) is 11.8 Å². The van der Waals surface area contributed by atoms with E-state index in [1.165, 1.54) is 13.8 Å². The van der Waals surface area contributed by atoms with E-state index in [1.54, 1.807) is 0 Å². The van der Waals surface area contributed by atoms with Crippen molar-refractivity contribution in [2.24, 2.45) is 0 Å². The molecule has 106 valence electrons. The van der Waals surface area contributed by atoms with Crippen LogP contribution in [0.15, 0.2) is 0 Å². The maximum atomic E-state index is 11.5. The molecule has 0 saturated carbocycles. The van der Waals surface area contributed by atoms with Crippen LogP contribution in [0.2, 0.25) is 0 Å². The highest BCUT2D eigenvalue weighted by Gasteiger charge is 2.24. The molecule has 1 amide bonds. The number of carbonyl (C=O) groups is 2. The van der Waals surface area contributed by atoms with Crippen molar-refractivity contribution >= 4 is 21.7 Å². The van der Waals surface area contributed by atoms with E-state index in [4.69, 9.17) is 5.11 Å². The van der Waals surface area contributed by atoms with Gasteiger partial charge < -0.3 is 10.4 Å². The molecule has 0 aliphatic rings. The molecule has 6 nitrogen and oxygen atoms in total. The highest BCUT2D eigenvalue weighted by atomic mass is 32.2. The average molecular weight is 279 g/mol. The van der Waals surface area contributed by atoms with E-state index in [9.17, 15) is 18.0 Å². The molecule has 0 unspecified atom stereocenters. The SMILES string of the molecule is CCCC[C@H](NC(=O)CS(=O)(=O)C(C)C)C(=O)O. The Kier molecular flexibility index (Phi) is 6.90. The van der Waals surface area contributed by atoms with Gasteiger partial charge in [0.05, 0.1) is 5.25 Å². The molecule has 0 aliphatic heterocycles. The maximum absolute atomic E-state index is 11.5. The number of rotatable bonds is 8. The summed E-state index contributed by atoms with van der Waals surface area (Å²) < 4.78 is 23.0. The summed E-state index contributed by atoms with van der Waals surface area (Å²) in [5.74, 6) is -2.56. The van der Waals surface area contributed by atoms with E-state index in [1.807, 2.05) is 6.92 Å². The lowest BCUT2D eigenvalue weighted by Gasteiger charge is -2.14. The lowest BCUT2D eigenvalue weighted by Crippen LogP contribution is -2.44. The Morgan fingerprint density at radius 3 is 2.22 bits per heavy atom. The second-order valence-corrected chi connectivity index (χ2v) is 7.01. The number of nitrogens with one attached hydrogen (secondary N) is 1. The second kappa shape index (κ2) is 7.35. The number of hydrogen-bond acceptors (Lipinski definition) is 4. The summed E-state index contributed by atoms with van der Waals surface area (Å²) in [7, 11) is -3.49. The van der Waals surface area contributed by atoms with Crippen LogP contribution in [0.5, 0.6) is 0 Å². The van der Waals surface area contributed by atoms with Crippen molar-refractivity contribution < 1.29 is 23.1 Å². The van der Waals surface area contributed by atoms with Crippen LogP contribution in [0.3, 0.4) is 0 Å². The van der Waals surface area contributed by atoms with Crippen molar-refractivity contribution in [2.75, 3.05) is 5.75 Å². The standard InChI is InChI=1S/C11H21NO5S/c1-4-5-6-9(11(14)15)12-10(13)7-18(16,17)8(2)3/h8-9H,4-7H2,1-3H3,(H,12,13)(H,14,15)/t9-/m0/s1. The van der Waals surface area contributed by atoms with Crippen LogP contribution in [0, 0.1) is 0 Å². The van der Waals surface area contributed by atoms with Crippen molar-refractivity contribution in [1.82, 2.24) is 5.32 Å². The predicted octanol–water partition coefficient (Wildman–Crippen LogP) is 0.569. The minimum absolute atomic E-state index is 0.305. The first-order valence-corrected chi connectivity index (χ1v) is 7.66. The van der Waals surface area contributed by atoms with Crippen molar-refractivity contribution in [2.45, 2.75) is 51.3 Å². The molecule has 0 spiro atoms. The Labute approximate surface area is 108 Å². The minimum atomic E-state index is -3.49. The molecule has 18 heavy (non-hydrogen) atoms. The minimum Gasteiger partial charge on any atom is -0.480 e. The van der Waals surface area contributed by atoms with Crippen LogP contribution in [-0.2, 0) is 19.4 Å². The Balaban J connectivity index is 4.48. The molecule has 0 heterocycles. The van der Waals surface area contributed by atoms with Crippen molar-refractivity contribution in [3.8, 4) is 0 Å². The molecule has 1 atom stereocenters. The molecule has 0 rings (SSSR count). The van der Waals surface area contributed by atoms with E-state index in [0.717, 1.165) is 6.42 Å². The van der Waals surface area contributed by atoms with Crippen LogP contribution in [0.25, 0.3) is 0 Å². The van der Waals surface area contributed by atoms with Gasteiger partial charge >= 0.3 is 5.97 Å². The Bertz CT molecular complexity index is 388. The summed E-state index contributed by atoms with van der Waals surface area (Å²) in [5.41, 5.74) is 0. The van der Waals surface area contributed by atoms with Crippen LogP contribution in [0.4, 0.5) is 0 Å². The highest BCUT2D eigenvalue weighted by molar-refractivity contribution is 7.92. The number of carboxylic acids is 1. The van der Waals surface area contributed by atoms with E-state index in [0.29, 0.717) is 12.8 Å². The van der Waals surface area contributed by atoms with E-state index < -0.39 is 38.8 Å². The fraction of sp³-hybridized carbons (Fsp3) is 0.818. The summed E-state index contributed by atoms with van der Waals surface area (Å²) in [5, 5.41) is 10.5. The van der Waals surface area contributed by atoms with Gasteiger partial charge in [0, 0.05) is 0 Å². The first kappa shape index (κ1) is 16.9. The van der Waals surface area contributed by atoms with Gasteiger partial charge in [-0.3, -0.25) is 4.79 Å². The third-order valence-corrected chi connectivity index (χ3v) is 4.63. The lowest BCUT2D eigenvalue weighted by atomic mass is 10.1. The van der Waals surface area contributed by atoms with Gasteiger partial charge in [-0.15, -0.1) is 0 Å². The molecule has 0 aliphatic carbocycles. The Morgan fingerprint density at radius 1 is 1.28 bits per heavy atom. The van der Waals surface area contributed by atoms with Crippen molar-refractivity contribution in [3.05, 3.63) is 0 Å². The number of unbranched alkanes of at least 4 members (excludes halogenated alkanes) is 1. The number of sulfone groups is 1. The summed E-state index contributed by atoms with van der Waals surface area (Å²) in [6.07, 6.45) is 1.78. The molecule has 0 bridgehead atoms. The average Bonchev–Trinajstić information content (AvgIpc) is 2.22. The zero-order valence-corrected chi connectivity index (χ0v) is 11.8. The zero-order valence-electron chi connectivity index (χ0n) is 11.0. The highest BCUT2D eigenvalue weighted by Crippen LogP contribution is 2.03. The summed E-state index contributed by atoms with van der Waals surface area (Å²) in [4.78, 5) is 22.4. The molecule has 0 fully saturated rings. The Hall–Kier alpha value is -1.11. The zero-order chi connectivity index (χ0) is 14.3. The molecule has 0 aromatic rings.